The lowest BCUT2D eigenvalue weighted by Gasteiger charge is -2.19. The van der Waals surface area contributed by atoms with Crippen molar-refractivity contribution in [1.29, 1.82) is 0 Å². The molecule has 26 heavy (non-hydrogen) atoms. The maximum atomic E-state index is 11.0. The van der Waals surface area contributed by atoms with Gasteiger partial charge in [0.05, 0.1) is 0 Å². The number of allylic oxidation sites excluding steroid dienone is 1. The molecule has 0 radical (unpaired) electrons. The Balaban J connectivity index is 1.54. The van der Waals surface area contributed by atoms with Crippen LogP contribution in [0.3, 0.4) is 0 Å². The normalized spacial score (nSPS) is 22.9. The van der Waals surface area contributed by atoms with Crippen molar-refractivity contribution >= 4 is 40.7 Å². The third-order valence-corrected chi connectivity index (χ3v) is 6.77. The SMILES string of the molecule is Nc1ccc(/C=C/[C@H]2CCC(Cl)[C@@H]2CCCc2ccc(C(=O)O)s2)cc1. The molecule has 0 saturated heterocycles. The second-order valence-corrected chi connectivity index (χ2v) is 8.64. The molecule has 0 amide bonds. The number of thiophene rings is 1. The third-order valence-electron chi connectivity index (χ3n) is 5.10. The number of hydrogen-bond acceptors (Lipinski definition) is 3. The molecule has 1 saturated carbocycles. The van der Waals surface area contributed by atoms with E-state index in [2.05, 4.69) is 12.2 Å². The molecule has 5 heteroatoms. The van der Waals surface area contributed by atoms with Gasteiger partial charge in [-0.1, -0.05) is 24.3 Å². The molecule has 0 spiro atoms. The topological polar surface area (TPSA) is 63.3 Å². The molecular weight excluding hydrogens is 366 g/mol. The van der Waals surface area contributed by atoms with Crippen LogP contribution in [0.1, 0.15) is 45.8 Å². The number of carboxylic acid groups (broad SMARTS) is 1. The molecule has 3 N–H and O–H groups in total. The van der Waals surface area contributed by atoms with Gasteiger partial charge in [-0.05, 0) is 73.8 Å². The summed E-state index contributed by atoms with van der Waals surface area (Å²) in [5.74, 6) is 0.152. The quantitative estimate of drug-likeness (QED) is 0.471. The van der Waals surface area contributed by atoms with Crippen LogP contribution in [0.15, 0.2) is 42.5 Å². The predicted octanol–water partition coefficient (Wildman–Crippen LogP) is 5.70. The van der Waals surface area contributed by atoms with Crippen LogP contribution in [-0.4, -0.2) is 16.5 Å². The van der Waals surface area contributed by atoms with Crippen LogP contribution in [0.4, 0.5) is 5.69 Å². The van der Waals surface area contributed by atoms with Gasteiger partial charge in [-0.15, -0.1) is 22.9 Å². The van der Waals surface area contributed by atoms with E-state index in [1.165, 1.54) is 11.3 Å². The van der Waals surface area contributed by atoms with E-state index in [4.69, 9.17) is 22.4 Å². The van der Waals surface area contributed by atoms with E-state index in [0.29, 0.717) is 16.7 Å². The number of rotatable bonds is 7. The molecule has 1 heterocycles. The molecule has 1 aromatic carbocycles. The minimum absolute atomic E-state index is 0.231. The summed E-state index contributed by atoms with van der Waals surface area (Å²) >= 11 is 7.95. The van der Waals surface area contributed by atoms with E-state index in [0.717, 1.165) is 48.2 Å². The summed E-state index contributed by atoms with van der Waals surface area (Å²) in [7, 11) is 0. The van der Waals surface area contributed by atoms with Gasteiger partial charge in [-0.2, -0.15) is 0 Å². The highest BCUT2D eigenvalue weighted by Crippen LogP contribution is 2.40. The Kier molecular flexibility index (Phi) is 6.38. The van der Waals surface area contributed by atoms with Crippen LogP contribution >= 0.6 is 22.9 Å². The Labute approximate surface area is 163 Å². The standard InChI is InChI=1S/C21H24ClNO2S/c22-19-12-8-15(7-4-14-5-9-16(23)10-6-14)18(19)3-1-2-17-11-13-20(26-17)21(24)25/h4-7,9-11,13,15,18-19H,1-3,8,12,23H2,(H,24,25)/b7-4+/t15-,18+,19?/m0/s1. The maximum absolute atomic E-state index is 11.0. The number of alkyl halides is 1. The highest BCUT2D eigenvalue weighted by atomic mass is 35.5. The molecule has 0 aliphatic heterocycles. The first-order valence-electron chi connectivity index (χ1n) is 9.03. The van der Waals surface area contributed by atoms with Crippen molar-refractivity contribution in [2.75, 3.05) is 5.73 Å². The summed E-state index contributed by atoms with van der Waals surface area (Å²) in [6, 6.07) is 11.5. The van der Waals surface area contributed by atoms with Crippen molar-refractivity contribution in [2.45, 2.75) is 37.5 Å². The van der Waals surface area contributed by atoms with Gasteiger partial charge in [0.25, 0.3) is 0 Å². The van der Waals surface area contributed by atoms with Crippen LogP contribution in [0, 0.1) is 11.8 Å². The number of halogens is 1. The summed E-state index contributed by atoms with van der Waals surface area (Å²) < 4.78 is 0. The van der Waals surface area contributed by atoms with Gasteiger partial charge in [-0.3, -0.25) is 0 Å². The lowest BCUT2D eigenvalue weighted by atomic mass is 9.90. The zero-order valence-electron chi connectivity index (χ0n) is 14.6. The van der Waals surface area contributed by atoms with Gasteiger partial charge in [0.2, 0.25) is 0 Å². The Morgan fingerprint density at radius 3 is 2.69 bits per heavy atom. The molecule has 1 aliphatic carbocycles. The van der Waals surface area contributed by atoms with E-state index >= 15 is 0 Å². The largest absolute Gasteiger partial charge is 0.477 e. The van der Waals surface area contributed by atoms with Crippen LogP contribution in [-0.2, 0) is 6.42 Å². The summed E-state index contributed by atoms with van der Waals surface area (Å²) in [4.78, 5) is 12.5. The van der Waals surface area contributed by atoms with E-state index in [1.54, 1.807) is 6.07 Å². The van der Waals surface area contributed by atoms with Crippen molar-refractivity contribution < 1.29 is 9.90 Å². The van der Waals surface area contributed by atoms with Gasteiger partial charge in [0, 0.05) is 15.9 Å². The Bertz CT molecular complexity index is 769. The minimum atomic E-state index is -0.842. The Morgan fingerprint density at radius 1 is 1.23 bits per heavy atom. The number of aromatic carboxylic acids is 1. The Hall–Kier alpha value is -1.78. The molecule has 138 valence electrons. The highest BCUT2D eigenvalue weighted by molar-refractivity contribution is 7.13. The molecule has 1 fully saturated rings. The van der Waals surface area contributed by atoms with Crippen molar-refractivity contribution in [3.63, 3.8) is 0 Å². The van der Waals surface area contributed by atoms with E-state index in [1.807, 2.05) is 30.3 Å². The lowest BCUT2D eigenvalue weighted by Crippen LogP contribution is -2.14. The average molecular weight is 390 g/mol. The minimum Gasteiger partial charge on any atom is -0.477 e. The monoisotopic (exact) mass is 389 g/mol. The van der Waals surface area contributed by atoms with Crippen molar-refractivity contribution in [1.82, 2.24) is 0 Å². The molecule has 3 nitrogen and oxygen atoms in total. The summed E-state index contributed by atoms with van der Waals surface area (Å²) in [6.45, 7) is 0. The van der Waals surface area contributed by atoms with Gasteiger partial charge in [0.15, 0.2) is 0 Å². The molecule has 1 aliphatic rings. The summed E-state index contributed by atoms with van der Waals surface area (Å²) in [6.07, 6.45) is 9.70. The zero-order chi connectivity index (χ0) is 18.5. The summed E-state index contributed by atoms with van der Waals surface area (Å²) in [5, 5.41) is 9.24. The first-order valence-corrected chi connectivity index (χ1v) is 10.3. The number of aryl methyl sites for hydroxylation is 1. The molecule has 1 unspecified atom stereocenters. The molecule has 2 aromatic rings. The van der Waals surface area contributed by atoms with Gasteiger partial charge in [0.1, 0.15) is 4.88 Å². The van der Waals surface area contributed by atoms with Crippen molar-refractivity contribution in [3.8, 4) is 0 Å². The predicted molar refractivity (Wildman–Crippen MR) is 110 cm³/mol. The number of nitrogen functional groups attached to an aromatic ring is 1. The number of benzene rings is 1. The van der Waals surface area contributed by atoms with Crippen LogP contribution < -0.4 is 5.73 Å². The van der Waals surface area contributed by atoms with Crippen molar-refractivity contribution in [3.05, 3.63) is 57.8 Å². The van der Waals surface area contributed by atoms with Gasteiger partial charge >= 0.3 is 5.97 Å². The molecule has 3 rings (SSSR count). The van der Waals surface area contributed by atoms with E-state index < -0.39 is 5.97 Å². The zero-order valence-corrected chi connectivity index (χ0v) is 16.2. The average Bonchev–Trinajstić information content (AvgIpc) is 3.23. The second-order valence-electron chi connectivity index (χ2n) is 6.91. The lowest BCUT2D eigenvalue weighted by molar-refractivity contribution is 0.0702. The van der Waals surface area contributed by atoms with E-state index in [9.17, 15) is 4.79 Å². The first kappa shape index (κ1) is 19.0. The van der Waals surface area contributed by atoms with Gasteiger partial charge < -0.3 is 10.8 Å². The highest BCUT2D eigenvalue weighted by Gasteiger charge is 2.32. The first-order chi connectivity index (χ1) is 12.5. The molecule has 1 aromatic heterocycles. The number of hydrogen-bond donors (Lipinski definition) is 2. The number of anilines is 1. The summed E-state index contributed by atoms with van der Waals surface area (Å²) in [5.41, 5.74) is 7.67. The number of nitrogens with two attached hydrogens (primary N) is 1. The molecular formula is C21H24ClNO2S. The fourth-order valence-corrected chi connectivity index (χ4v) is 4.99. The van der Waals surface area contributed by atoms with Crippen molar-refractivity contribution in [2.24, 2.45) is 11.8 Å². The number of carbonyl (C=O) groups is 1. The van der Waals surface area contributed by atoms with Crippen LogP contribution in [0.2, 0.25) is 0 Å². The molecule has 0 bridgehead atoms. The Morgan fingerprint density at radius 2 is 2.00 bits per heavy atom. The number of carboxylic acids is 1. The third kappa shape index (κ3) is 4.89. The van der Waals surface area contributed by atoms with Crippen LogP contribution in [0.25, 0.3) is 6.08 Å². The van der Waals surface area contributed by atoms with Gasteiger partial charge in [-0.25, -0.2) is 4.79 Å². The molecule has 3 atom stereocenters. The van der Waals surface area contributed by atoms with E-state index in [-0.39, 0.29) is 5.38 Å². The fraction of sp³-hybridized carbons (Fsp3) is 0.381. The maximum Gasteiger partial charge on any atom is 0.345 e. The van der Waals surface area contributed by atoms with Crippen LogP contribution in [0.5, 0.6) is 0 Å². The fourth-order valence-electron chi connectivity index (χ4n) is 3.66. The smallest absolute Gasteiger partial charge is 0.345 e. The second kappa shape index (κ2) is 8.74.